The van der Waals surface area contributed by atoms with E-state index in [0.717, 1.165) is 32.1 Å². The molecule has 0 aliphatic carbocycles. The summed E-state index contributed by atoms with van der Waals surface area (Å²) in [5.74, 6) is -0.323. The second-order valence-corrected chi connectivity index (χ2v) is 14.2. The third kappa shape index (κ3) is 34.4. The Morgan fingerprint density at radius 3 is 1.38 bits per heavy atom. The van der Waals surface area contributed by atoms with Gasteiger partial charge in [0.2, 0.25) is 5.91 Å². The molecule has 48 heavy (non-hydrogen) atoms. The molecule has 0 aromatic heterocycles. The fourth-order valence-corrected chi connectivity index (χ4v) is 6.19. The van der Waals surface area contributed by atoms with Crippen LogP contribution in [0.4, 0.5) is 0 Å². The predicted octanol–water partition coefficient (Wildman–Crippen LogP) is 11.6. The molecule has 1 amide bonds. The highest BCUT2D eigenvalue weighted by Gasteiger charge is 2.20. The Bertz CT molecular complexity index is 749. The molecule has 0 fully saturated rings. The third-order valence-corrected chi connectivity index (χ3v) is 9.42. The lowest BCUT2D eigenvalue weighted by atomic mass is 10.0. The van der Waals surface area contributed by atoms with Crippen LogP contribution in [-0.4, -0.2) is 46.1 Å². The Hall–Kier alpha value is -1.43. The van der Waals surface area contributed by atoms with Crippen molar-refractivity contribution in [3.05, 3.63) is 36.5 Å². The van der Waals surface area contributed by atoms with E-state index in [-0.39, 0.29) is 18.9 Å². The van der Waals surface area contributed by atoms with Crippen molar-refractivity contribution in [2.24, 2.45) is 0 Å². The molecule has 0 saturated heterocycles. The lowest BCUT2D eigenvalue weighted by Crippen LogP contribution is -2.45. The molecule has 0 radical (unpaired) electrons. The van der Waals surface area contributed by atoms with Crippen molar-refractivity contribution in [1.82, 2.24) is 5.32 Å². The molecule has 0 aliphatic rings. The van der Waals surface area contributed by atoms with Gasteiger partial charge in [-0.05, 0) is 51.4 Å². The summed E-state index contributed by atoms with van der Waals surface area (Å²) in [6.45, 7) is 4.18. The molecule has 0 rings (SSSR count). The van der Waals surface area contributed by atoms with E-state index < -0.39 is 18.2 Å². The van der Waals surface area contributed by atoms with E-state index >= 15 is 0 Å². The quantitative estimate of drug-likeness (QED) is 0.0390. The Labute approximate surface area is 298 Å². The van der Waals surface area contributed by atoms with Crippen LogP contribution in [0.25, 0.3) is 0 Å². The van der Waals surface area contributed by atoms with Crippen LogP contribution < -0.4 is 5.32 Å². The van der Waals surface area contributed by atoms with Gasteiger partial charge < -0.3 is 20.6 Å². The molecule has 3 atom stereocenters. The maximum Gasteiger partial charge on any atom is 0.222 e. The molecule has 0 bridgehead atoms. The number of unbranched alkanes of at least 4 members (excludes halogenated alkanes) is 24. The van der Waals surface area contributed by atoms with Crippen LogP contribution >= 0.6 is 0 Å². The van der Waals surface area contributed by atoms with Gasteiger partial charge in [-0.3, -0.25) is 4.79 Å². The monoisotopic (exact) mass is 676 g/mol. The smallest absolute Gasteiger partial charge is 0.222 e. The van der Waals surface area contributed by atoms with E-state index in [9.17, 15) is 20.1 Å². The molecular weight excluding hydrogens is 594 g/mol. The molecule has 0 saturated carbocycles. The second-order valence-electron chi connectivity index (χ2n) is 14.2. The first-order chi connectivity index (χ1) is 23.5. The molecule has 5 heteroatoms. The first kappa shape index (κ1) is 46.6. The number of aliphatic hydroxyl groups is 3. The van der Waals surface area contributed by atoms with Gasteiger partial charge in [-0.15, -0.1) is 0 Å². The minimum Gasteiger partial charge on any atom is -0.394 e. The lowest BCUT2D eigenvalue weighted by Gasteiger charge is -2.21. The number of hydrogen-bond acceptors (Lipinski definition) is 4. The Balaban J connectivity index is 3.66. The highest BCUT2D eigenvalue weighted by molar-refractivity contribution is 5.76. The number of rotatable bonds is 37. The van der Waals surface area contributed by atoms with Crippen molar-refractivity contribution in [2.45, 2.75) is 225 Å². The summed E-state index contributed by atoms with van der Waals surface area (Å²) in [6.07, 6.45) is 47.1. The average molecular weight is 676 g/mol. The molecule has 4 N–H and O–H groups in total. The number of nitrogens with one attached hydrogen (secondary N) is 1. The van der Waals surface area contributed by atoms with Crippen molar-refractivity contribution >= 4 is 5.91 Å². The van der Waals surface area contributed by atoms with E-state index in [2.05, 4.69) is 43.5 Å². The van der Waals surface area contributed by atoms with Gasteiger partial charge in [0.1, 0.15) is 0 Å². The number of carbonyl (C=O) groups excluding carboxylic acids is 1. The normalized spacial score (nSPS) is 14.0. The van der Waals surface area contributed by atoms with Crippen LogP contribution in [0.15, 0.2) is 36.5 Å². The zero-order chi connectivity index (χ0) is 35.2. The minimum atomic E-state index is -0.928. The predicted molar refractivity (Wildman–Crippen MR) is 208 cm³/mol. The molecule has 0 aliphatic heterocycles. The topological polar surface area (TPSA) is 89.8 Å². The molecule has 282 valence electrons. The van der Waals surface area contributed by atoms with E-state index in [1.165, 1.54) is 148 Å². The standard InChI is InChI=1S/C43H81NO4/c1-3-5-7-9-11-13-15-16-17-18-19-20-21-22-23-24-25-26-27-28-30-32-34-36-40(46)38-43(48)44-41(39-45)42(47)37-35-33-31-29-14-12-10-8-6-4-2/h19-20,22-23,35,37,40-42,45-47H,3-18,21,24-34,36,38-39H2,1-2H3,(H,44,48)/b20-19-,23-22-,37-35+. The zero-order valence-electron chi connectivity index (χ0n) is 31.9. The SMILES string of the molecule is CCCCCCCCCC/C=C/C(O)C(CO)NC(=O)CC(O)CCCCCCCCC/C=C\C/C=C\CCCCCCCCCCC. The van der Waals surface area contributed by atoms with E-state index in [4.69, 9.17) is 0 Å². The molecule has 0 spiro atoms. The molecule has 0 heterocycles. The minimum absolute atomic E-state index is 0.00775. The Morgan fingerprint density at radius 1 is 0.542 bits per heavy atom. The summed E-state index contributed by atoms with van der Waals surface area (Å²) < 4.78 is 0. The lowest BCUT2D eigenvalue weighted by molar-refractivity contribution is -0.124. The fraction of sp³-hybridized carbons (Fsp3) is 0.837. The maximum atomic E-state index is 12.4. The number of hydrogen-bond donors (Lipinski definition) is 4. The number of amides is 1. The molecular formula is C43H81NO4. The molecule has 5 nitrogen and oxygen atoms in total. The Kier molecular flexibility index (Phi) is 37.2. The van der Waals surface area contributed by atoms with Crippen LogP contribution in [0.1, 0.15) is 206 Å². The van der Waals surface area contributed by atoms with Gasteiger partial charge in [-0.25, -0.2) is 0 Å². The summed E-state index contributed by atoms with van der Waals surface area (Å²) in [6, 6.07) is -0.744. The van der Waals surface area contributed by atoms with Crippen LogP contribution in [0.5, 0.6) is 0 Å². The first-order valence-corrected chi connectivity index (χ1v) is 20.8. The van der Waals surface area contributed by atoms with Gasteiger partial charge in [0, 0.05) is 0 Å². The summed E-state index contributed by atoms with van der Waals surface area (Å²) >= 11 is 0. The van der Waals surface area contributed by atoms with Crippen LogP contribution in [0, 0.1) is 0 Å². The van der Waals surface area contributed by atoms with E-state index in [1.54, 1.807) is 6.08 Å². The molecule has 0 aromatic carbocycles. The van der Waals surface area contributed by atoms with E-state index in [0.29, 0.717) is 6.42 Å². The van der Waals surface area contributed by atoms with Crippen LogP contribution in [-0.2, 0) is 4.79 Å². The molecule has 3 unspecified atom stereocenters. The van der Waals surface area contributed by atoms with Crippen LogP contribution in [0.3, 0.4) is 0 Å². The van der Waals surface area contributed by atoms with Crippen molar-refractivity contribution < 1.29 is 20.1 Å². The zero-order valence-corrected chi connectivity index (χ0v) is 31.9. The second kappa shape index (κ2) is 38.4. The average Bonchev–Trinajstić information content (AvgIpc) is 3.08. The number of carbonyl (C=O) groups is 1. The summed E-state index contributed by atoms with van der Waals surface area (Å²) in [5, 5.41) is 33.0. The van der Waals surface area contributed by atoms with Crippen molar-refractivity contribution in [3.8, 4) is 0 Å². The van der Waals surface area contributed by atoms with E-state index in [1.807, 2.05) is 6.08 Å². The van der Waals surface area contributed by atoms with Gasteiger partial charge in [0.05, 0.1) is 31.3 Å². The van der Waals surface area contributed by atoms with Gasteiger partial charge in [0.15, 0.2) is 0 Å². The number of allylic oxidation sites excluding steroid dienone is 5. The third-order valence-electron chi connectivity index (χ3n) is 9.42. The molecule has 0 aromatic rings. The summed E-state index contributed by atoms with van der Waals surface area (Å²) in [7, 11) is 0. The number of aliphatic hydroxyl groups excluding tert-OH is 3. The summed E-state index contributed by atoms with van der Waals surface area (Å²) in [5.41, 5.74) is 0. The fourth-order valence-electron chi connectivity index (χ4n) is 6.19. The largest absolute Gasteiger partial charge is 0.394 e. The van der Waals surface area contributed by atoms with Crippen molar-refractivity contribution in [2.75, 3.05) is 6.61 Å². The summed E-state index contributed by atoms with van der Waals surface area (Å²) in [4.78, 5) is 12.4. The first-order valence-electron chi connectivity index (χ1n) is 20.8. The van der Waals surface area contributed by atoms with Gasteiger partial charge in [-0.2, -0.15) is 0 Å². The van der Waals surface area contributed by atoms with Gasteiger partial charge in [-0.1, -0.05) is 185 Å². The highest BCUT2D eigenvalue weighted by Crippen LogP contribution is 2.14. The van der Waals surface area contributed by atoms with Crippen molar-refractivity contribution in [3.63, 3.8) is 0 Å². The highest BCUT2D eigenvalue weighted by atomic mass is 16.3. The maximum absolute atomic E-state index is 12.4. The van der Waals surface area contributed by atoms with Crippen LogP contribution in [0.2, 0.25) is 0 Å². The van der Waals surface area contributed by atoms with Gasteiger partial charge in [0.25, 0.3) is 0 Å². The Morgan fingerprint density at radius 2 is 0.938 bits per heavy atom. The van der Waals surface area contributed by atoms with Gasteiger partial charge >= 0.3 is 0 Å². The van der Waals surface area contributed by atoms with Crippen molar-refractivity contribution in [1.29, 1.82) is 0 Å².